The van der Waals surface area contributed by atoms with Gasteiger partial charge in [-0.1, -0.05) is 6.07 Å². The van der Waals surface area contributed by atoms with E-state index in [1.54, 1.807) is 0 Å². The maximum absolute atomic E-state index is 11.7. The molecule has 1 amide bonds. The van der Waals surface area contributed by atoms with E-state index in [2.05, 4.69) is 26.2 Å². The van der Waals surface area contributed by atoms with Gasteiger partial charge in [0.25, 0.3) is 0 Å². The third-order valence-electron chi connectivity index (χ3n) is 2.30. The number of halogens is 1. The van der Waals surface area contributed by atoms with Gasteiger partial charge in [-0.3, -0.25) is 5.32 Å². The minimum Gasteiger partial charge on any atom is -0.444 e. The maximum atomic E-state index is 11.7. The van der Waals surface area contributed by atoms with Crippen LogP contribution in [0.25, 0.3) is 10.9 Å². The molecule has 1 aromatic heterocycles. The summed E-state index contributed by atoms with van der Waals surface area (Å²) in [5.41, 5.74) is 1.12. The number of rotatable bonds is 1. The number of H-pyrrole nitrogens is 1. The Hall–Kier alpha value is -1.49. The van der Waals surface area contributed by atoms with Crippen LogP contribution in [0.5, 0.6) is 0 Å². The lowest BCUT2D eigenvalue weighted by molar-refractivity contribution is 0.0636. The zero-order valence-corrected chi connectivity index (χ0v) is 12.1. The number of carbonyl (C=O) groups is 1. The molecule has 2 aromatic rings. The summed E-state index contributed by atoms with van der Waals surface area (Å²) in [5.74, 6) is 0. The minimum absolute atomic E-state index is 0.464. The first kappa shape index (κ1) is 13.0. The van der Waals surface area contributed by atoms with Crippen LogP contribution in [0, 0.1) is 0 Å². The topological polar surface area (TPSA) is 54.1 Å². The number of amides is 1. The maximum Gasteiger partial charge on any atom is 0.412 e. The zero-order valence-electron chi connectivity index (χ0n) is 10.5. The van der Waals surface area contributed by atoms with E-state index in [1.165, 1.54) is 0 Å². The van der Waals surface area contributed by atoms with Crippen molar-refractivity contribution in [2.75, 3.05) is 5.32 Å². The Morgan fingerprint density at radius 1 is 1.33 bits per heavy atom. The summed E-state index contributed by atoms with van der Waals surface area (Å²) in [6.45, 7) is 5.49. The van der Waals surface area contributed by atoms with Crippen molar-refractivity contribution >= 4 is 38.6 Å². The van der Waals surface area contributed by atoms with Gasteiger partial charge in [-0.05, 0) is 48.8 Å². The van der Waals surface area contributed by atoms with Gasteiger partial charge in [0.15, 0.2) is 0 Å². The highest BCUT2D eigenvalue weighted by Crippen LogP contribution is 2.30. The molecule has 0 saturated carbocycles. The molecule has 0 radical (unpaired) electrons. The predicted molar refractivity (Wildman–Crippen MR) is 75.9 cm³/mol. The van der Waals surface area contributed by atoms with Crippen molar-refractivity contribution in [3.8, 4) is 0 Å². The number of aromatic amines is 1. The average Bonchev–Trinajstić information content (AvgIpc) is 2.68. The molecule has 18 heavy (non-hydrogen) atoms. The quantitative estimate of drug-likeness (QED) is 0.826. The molecule has 2 rings (SSSR count). The monoisotopic (exact) mass is 310 g/mol. The molecule has 1 heterocycles. The number of nitrogens with one attached hydrogen (secondary N) is 2. The predicted octanol–water partition coefficient (Wildman–Crippen LogP) is 4.28. The Bertz CT molecular complexity index is 584. The van der Waals surface area contributed by atoms with Crippen molar-refractivity contribution in [1.82, 2.24) is 4.98 Å². The zero-order chi connectivity index (χ0) is 13.3. The fourth-order valence-corrected chi connectivity index (χ4v) is 2.18. The molecule has 0 bridgehead atoms. The third kappa shape index (κ3) is 2.85. The molecule has 0 unspecified atom stereocenters. The fraction of sp³-hybridized carbons (Fsp3) is 0.308. The summed E-state index contributed by atoms with van der Waals surface area (Å²) >= 11 is 3.47. The standard InChI is InChI=1S/C13H15BrN2O2/c1-13(2,3)18-12(17)16-9-5-4-8-6-7-15-11(8)10(9)14/h4-7,15H,1-3H3,(H,16,17). The Morgan fingerprint density at radius 3 is 2.72 bits per heavy atom. The van der Waals surface area contributed by atoms with Crippen molar-refractivity contribution < 1.29 is 9.53 Å². The number of hydrogen-bond donors (Lipinski definition) is 2. The number of ether oxygens (including phenoxy) is 1. The van der Waals surface area contributed by atoms with Gasteiger partial charge in [-0.25, -0.2) is 4.79 Å². The van der Waals surface area contributed by atoms with Crippen LogP contribution in [0.1, 0.15) is 20.8 Å². The molecular formula is C13H15BrN2O2. The molecule has 96 valence electrons. The van der Waals surface area contributed by atoms with Crippen molar-refractivity contribution in [1.29, 1.82) is 0 Å². The van der Waals surface area contributed by atoms with Crippen LogP contribution in [0.2, 0.25) is 0 Å². The molecule has 0 aliphatic rings. The summed E-state index contributed by atoms with van der Waals surface area (Å²) in [6, 6.07) is 5.74. The van der Waals surface area contributed by atoms with Crippen molar-refractivity contribution in [2.24, 2.45) is 0 Å². The first-order valence-electron chi connectivity index (χ1n) is 5.62. The SMILES string of the molecule is CC(C)(C)OC(=O)Nc1ccc2cc[nH]c2c1Br. The van der Waals surface area contributed by atoms with Crippen LogP contribution in [-0.4, -0.2) is 16.7 Å². The average molecular weight is 311 g/mol. The van der Waals surface area contributed by atoms with Gasteiger partial charge in [0.2, 0.25) is 0 Å². The van der Waals surface area contributed by atoms with E-state index in [9.17, 15) is 4.79 Å². The lowest BCUT2D eigenvalue weighted by atomic mass is 10.2. The summed E-state index contributed by atoms with van der Waals surface area (Å²) in [7, 11) is 0. The molecule has 4 nitrogen and oxygen atoms in total. The Kier molecular flexibility index (Phi) is 3.34. The molecule has 0 fully saturated rings. The van der Waals surface area contributed by atoms with Crippen molar-refractivity contribution in [2.45, 2.75) is 26.4 Å². The Labute approximate surface area is 114 Å². The first-order chi connectivity index (χ1) is 8.37. The molecule has 0 atom stereocenters. The highest BCUT2D eigenvalue weighted by Gasteiger charge is 2.17. The number of fused-ring (bicyclic) bond motifs is 1. The van der Waals surface area contributed by atoms with E-state index in [1.807, 2.05) is 45.2 Å². The van der Waals surface area contributed by atoms with Gasteiger partial charge >= 0.3 is 6.09 Å². The summed E-state index contributed by atoms with van der Waals surface area (Å²) in [4.78, 5) is 14.8. The molecule has 0 saturated heterocycles. The van der Waals surface area contributed by atoms with Crippen molar-refractivity contribution in [3.05, 3.63) is 28.9 Å². The first-order valence-corrected chi connectivity index (χ1v) is 6.42. The number of hydrogen-bond acceptors (Lipinski definition) is 2. The molecule has 0 spiro atoms. The minimum atomic E-state index is -0.507. The number of benzene rings is 1. The summed E-state index contributed by atoms with van der Waals surface area (Å²) in [6.07, 6.45) is 1.39. The molecule has 2 N–H and O–H groups in total. The molecule has 0 aliphatic carbocycles. The second-order valence-electron chi connectivity index (χ2n) is 5.00. The molecule has 1 aromatic carbocycles. The van der Waals surface area contributed by atoms with Gasteiger partial charge in [0, 0.05) is 11.6 Å². The Morgan fingerprint density at radius 2 is 2.06 bits per heavy atom. The fourth-order valence-electron chi connectivity index (χ4n) is 1.60. The van der Waals surface area contributed by atoms with E-state index in [-0.39, 0.29) is 0 Å². The van der Waals surface area contributed by atoms with Gasteiger partial charge in [-0.2, -0.15) is 0 Å². The molecule has 0 aliphatic heterocycles. The second kappa shape index (κ2) is 4.65. The van der Waals surface area contributed by atoms with Crippen LogP contribution in [0.3, 0.4) is 0 Å². The third-order valence-corrected chi connectivity index (χ3v) is 3.12. The normalized spacial score (nSPS) is 11.6. The van der Waals surface area contributed by atoms with Crippen molar-refractivity contribution in [3.63, 3.8) is 0 Å². The lowest BCUT2D eigenvalue weighted by Gasteiger charge is -2.20. The Balaban J connectivity index is 2.21. The van der Waals surface area contributed by atoms with E-state index in [0.29, 0.717) is 5.69 Å². The van der Waals surface area contributed by atoms with Crippen LogP contribution in [-0.2, 0) is 4.74 Å². The van der Waals surface area contributed by atoms with Gasteiger partial charge < -0.3 is 9.72 Å². The highest BCUT2D eigenvalue weighted by atomic mass is 79.9. The van der Waals surface area contributed by atoms with E-state index in [0.717, 1.165) is 15.4 Å². The van der Waals surface area contributed by atoms with Crippen LogP contribution >= 0.6 is 15.9 Å². The summed E-state index contributed by atoms with van der Waals surface area (Å²) < 4.78 is 6.02. The van der Waals surface area contributed by atoms with Gasteiger partial charge in [-0.15, -0.1) is 0 Å². The van der Waals surface area contributed by atoms with E-state index in [4.69, 9.17) is 4.74 Å². The van der Waals surface area contributed by atoms with E-state index >= 15 is 0 Å². The number of aromatic nitrogens is 1. The highest BCUT2D eigenvalue weighted by molar-refractivity contribution is 9.10. The molecule has 5 heteroatoms. The number of anilines is 1. The smallest absolute Gasteiger partial charge is 0.412 e. The lowest BCUT2D eigenvalue weighted by Crippen LogP contribution is -2.27. The second-order valence-corrected chi connectivity index (χ2v) is 5.79. The number of carbonyl (C=O) groups excluding carboxylic acids is 1. The van der Waals surface area contributed by atoms with Gasteiger partial charge in [0.05, 0.1) is 15.7 Å². The van der Waals surface area contributed by atoms with E-state index < -0.39 is 11.7 Å². The van der Waals surface area contributed by atoms with Gasteiger partial charge in [0.1, 0.15) is 5.60 Å². The van der Waals surface area contributed by atoms with Crippen LogP contribution in [0.4, 0.5) is 10.5 Å². The largest absolute Gasteiger partial charge is 0.444 e. The van der Waals surface area contributed by atoms with Crippen LogP contribution < -0.4 is 5.32 Å². The summed E-state index contributed by atoms with van der Waals surface area (Å²) in [5, 5.41) is 3.80. The van der Waals surface area contributed by atoms with Crippen LogP contribution in [0.15, 0.2) is 28.9 Å². The molecular weight excluding hydrogens is 296 g/mol.